The first-order valence-electron chi connectivity index (χ1n) is 27.1. The number of nitrogens with one attached hydrogen (secondary N) is 5. The molecule has 2 aromatic rings. The summed E-state index contributed by atoms with van der Waals surface area (Å²) in [5.74, 6) is -1.91. The maximum absolute atomic E-state index is 14.3. The molecule has 1 heterocycles. The summed E-state index contributed by atoms with van der Waals surface area (Å²) >= 11 is 2.99. The molecule has 1 aliphatic heterocycles. The number of esters is 1. The number of benzene rings is 2. The van der Waals surface area contributed by atoms with Crippen molar-refractivity contribution in [3.63, 3.8) is 0 Å². The van der Waals surface area contributed by atoms with Crippen LogP contribution in [-0.4, -0.2) is 138 Å². The standard InChI is InChI=1S/C59H86N6O9S4/c1-38(2)19-16-20-40(5)21-17-22-41(6)28-32-76-36-50(57(71)73-10)63-55(69)51-27-18-30-65(51)56(70)48(33-39(3)4)61-52(66)34-60-53(67)47(29-31-75-11)62-54(68)49(37-77-78-59(7,8)9)64-58(72)74-35-46-44-25-14-12-23-42(44)43-24-13-15-26-45(43)46/h12-15,19,21,23-26,28,39,46-51H,16-18,20,22,27,29-37H2,1-11H3,(H,60,67)(H,61,66)(H,62,68)(H,63,69)(H,64,72)/b40-21+,41-28+/t47-,48-,49-,50-,51-/m0/s1. The smallest absolute Gasteiger partial charge is 0.407 e. The first-order valence-corrected chi connectivity index (χ1v) is 32.0. The molecule has 0 unspecified atom stereocenters. The van der Waals surface area contributed by atoms with Gasteiger partial charge in [0.25, 0.3) is 0 Å². The van der Waals surface area contributed by atoms with Gasteiger partial charge in [0, 0.05) is 34.5 Å². The number of alkyl carbamates (subject to hydrolysis) is 1. The Morgan fingerprint density at radius 3 is 2.03 bits per heavy atom. The van der Waals surface area contributed by atoms with Gasteiger partial charge in [-0.1, -0.05) is 140 Å². The van der Waals surface area contributed by atoms with Crippen LogP contribution in [0.2, 0.25) is 0 Å². The van der Waals surface area contributed by atoms with Gasteiger partial charge >= 0.3 is 12.1 Å². The molecule has 78 heavy (non-hydrogen) atoms. The lowest BCUT2D eigenvalue weighted by Crippen LogP contribution is -2.57. The van der Waals surface area contributed by atoms with Crippen LogP contribution in [0.25, 0.3) is 11.1 Å². The van der Waals surface area contributed by atoms with Gasteiger partial charge in [0.05, 0.1) is 13.7 Å². The van der Waals surface area contributed by atoms with E-state index in [1.165, 1.54) is 63.0 Å². The fourth-order valence-electron chi connectivity index (χ4n) is 9.06. The number of allylic oxidation sites excluding steroid dienone is 5. The van der Waals surface area contributed by atoms with Crippen molar-refractivity contribution in [1.29, 1.82) is 0 Å². The molecule has 0 saturated carbocycles. The zero-order valence-electron chi connectivity index (χ0n) is 47.8. The Hall–Kier alpha value is -4.85. The van der Waals surface area contributed by atoms with Gasteiger partial charge in [-0.2, -0.15) is 23.5 Å². The van der Waals surface area contributed by atoms with E-state index in [0.717, 1.165) is 47.9 Å². The summed E-state index contributed by atoms with van der Waals surface area (Å²) in [5.41, 5.74) is 8.24. The number of ether oxygens (including phenoxy) is 2. The fourth-order valence-corrected chi connectivity index (χ4v) is 13.0. The molecule has 0 radical (unpaired) electrons. The summed E-state index contributed by atoms with van der Waals surface area (Å²) in [4.78, 5) is 97.5. The van der Waals surface area contributed by atoms with Crippen LogP contribution >= 0.6 is 45.1 Å². The summed E-state index contributed by atoms with van der Waals surface area (Å²) in [6.45, 7) is 18.3. The molecule has 1 aliphatic carbocycles. The maximum atomic E-state index is 14.3. The Labute approximate surface area is 480 Å². The summed E-state index contributed by atoms with van der Waals surface area (Å²) in [6.07, 6.45) is 13.2. The molecule has 0 aromatic heterocycles. The van der Waals surface area contributed by atoms with Gasteiger partial charge in [0.1, 0.15) is 36.8 Å². The van der Waals surface area contributed by atoms with E-state index in [9.17, 15) is 33.6 Å². The number of thioether (sulfide) groups is 2. The van der Waals surface area contributed by atoms with Crippen molar-refractivity contribution in [3.05, 3.63) is 94.6 Å². The van der Waals surface area contributed by atoms with Crippen molar-refractivity contribution in [2.24, 2.45) is 5.92 Å². The third kappa shape index (κ3) is 22.4. The van der Waals surface area contributed by atoms with Gasteiger partial charge in [-0.15, -0.1) is 0 Å². The first kappa shape index (κ1) is 65.7. The predicted molar refractivity (Wildman–Crippen MR) is 323 cm³/mol. The number of fused-ring (bicyclic) bond motifs is 3. The van der Waals surface area contributed by atoms with Crippen molar-refractivity contribution < 1.29 is 43.0 Å². The molecule has 6 amide bonds. The van der Waals surface area contributed by atoms with Crippen LogP contribution in [0.5, 0.6) is 0 Å². The lowest BCUT2D eigenvalue weighted by molar-refractivity contribution is -0.146. The summed E-state index contributed by atoms with van der Waals surface area (Å²) in [5, 5.41) is 13.9. The Balaban J connectivity index is 1.34. The van der Waals surface area contributed by atoms with Crippen LogP contribution in [-0.2, 0) is 38.2 Å². The normalized spacial score (nSPS) is 16.0. The number of carbonyl (C=O) groups is 7. The van der Waals surface area contributed by atoms with E-state index in [2.05, 4.69) is 84.6 Å². The molecule has 0 bridgehead atoms. The van der Waals surface area contributed by atoms with Crippen LogP contribution < -0.4 is 26.6 Å². The molecule has 15 nitrogen and oxygen atoms in total. The van der Waals surface area contributed by atoms with E-state index >= 15 is 0 Å². The van der Waals surface area contributed by atoms with Crippen LogP contribution in [0.1, 0.15) is 131 Å². The van der Waals surface area contributed by atoms with Gasteiger partial charge in [-0.25, -0.2) is 9.59 Å². The molecular formula is C59H86N6O9S4. The number of carbonyl (C=O) groups excluding carboxylic acids is 7. The molecule has 1 saturated heterocycles. The van der Waals surface area contributed by atoms with Crippen molar-refractivity contribution in [2.75, 3.05) is 56.1 Å². The van der Waals surface area contributed by atoms with Crippen LogP contribution in [0.3, 0.4) is 0 Å². The van der Waals surface area contributed by atoms with E-state index in [4.69, 9.17) is 9.47 Å². The minimum Gasteiger partial charge on any atom is -0.467 e. The lowest BCUT2D eigenvalue weighted by Gasteiger charge is -2.30. The number of likely N-dealkylation sites (tertiary alicyclic amines) is 1. The molecule has 2 aromatic carbocycles. The molecule has 0 spiro atoms. The Morgan fingerprint density at radius 1 is 0.769 bits per heavy atom. The molecular weight excluding hydrogens is 1060 g/mol. The van der Waals surface area contributed by atoms with E-state index in [1.54, 1.807) is 10.8 Å². The summed E-state index contributed by atoms with van der Waals surface area (Å²) in [7, 11) is 4.25. The Morgan fingerprint density at radius 2 is 1.41 bits per heavy atom. The van der Waals surface area contributed by atoms with E-state index in [0.29, 0.717) is 24.3 Å². The van der Waals surface area contributed by atoms with Gasteiger partial charge in [-0.05, 0) is 119 Å². The van der Waals surface area contributed by atoms with Crippen LogP contribution in [0, 0.1) is 5.92 Å². The highest BCUT2D eigenvalue weighted by Crippen LogP contribution is 2.44. The third-order valence-corrected chi connectivity index (χ3v) is 18.1. The molecule has 1 fully saturated rings. The van der Waals surface area contributed by atoms with Crippen molar-refractivity contribution in [2.45, 2.75) is 155 Å². The maximum Gasteiger partial charge on any atom is 0.407 e. The molecule has 2 aliphatic rings. The SMILES string of the molecule is COC(=O)[C@H](CSC/C=C(\C)CC/C=C(\C)CCC=C(C)C)NC(=O)[C@@H]1CCCN1C(=O)[C@H](CC(C)C)NC(=O)CNC(=O)[C@H](CCSC)NC(=O)[C@H](CSSC(C)(C)C)NC(=O)OCC1c2ccccc2-c2ccccc21. The summed E-state index contributed by atoms with van der Waals surface area (Å²) < 4.78 is 10.7. The van der Waals surface area contributed by atoms with E-state index in [-0.39, 0.29) is 54.1 Å². The van der Waals surface area contributed by atoms with E-state index in [1.807, 2.05) is 77.3 Å². The highest BCUT2D eigenvalue weighted by Gasteiger charge is 2.39. The third-order valence-electron chi connectivity index (χ3n) is 13.1. The number of hydrogen-bond acceptors (Lipinski definition) is 13. The van der Waals surface area contributed by atoms with E-state index < -0.39 is 78.4 Å². The molecule has 5 atom stereocenters. The van der Waals surface area contributed by atoms with Gasteiger partial charge in [0.2, 0.25) is 29.5 Å². The van der Waals surface area contributed by atoms with Crippen molar-refractivity contribution in [3.8, 4) is 11.1 Å². The molecule has 430 valence electrons. The average molecular weight is 1150 g/mol. The highest BCUT2D eigenvalue weighted by molar-refractivity contribution is 8.77. The average Bonchev–Trinajstić information content (AvgIpc) is 4.12. The molecule has 4 rings (SSSR count). The number of methoxy groups -OCH3 is 1. The second-order valence-electron chi connectivity index (χ2n) is 21.6. The van der Waals surface area contributed by atoms with Crippen molar-refractivity contribution in [1.82, 2.24) is 31.5 Å². The van der Waals surface area contributed by atoms with Crippen molar-refractivity contribution >= 4 is 86.7 Å². The van der Waals surface area contributed by atoms with Gasteiger partial charge in [0.15, 0.2) is 0 Å². The minimum atomic E-state index is -1.06. The zero-order valence-corrected chi connectivity index (χ0v) is 51.0. The van der Waals surface area contributed by atoms with Gasteiger partial charge in [-0.3, -0.25) is 24.0 Å². The number of hydrogen-bond donors (Lipinski definition) is 5. The van der Waals surface area contributed by atoms with Crippen LogP contribution in [0.15, 0.2) is 83.5 Å². The largest absolute Gasteiger partial charge is 0.467 e. The number of amides is 6. The minimum absolute atomic E-state index is 0.0265. The second kappa shape index (κ2) is 33.7. The first-order chi connectivity index (χ1) is 37.1. The summed E-state index contributed by atoms with van der Waals surface area (Å²) in [6, 6.07) is 11.1. The fraction of sp³-hybridized carbons (Fsp3) is 0.576. The molecule has 5 N–H and O–H groups in total. The molecule has 19 heteroatoms. The Bertz CT molecular complexity index is 2390. The number of rotatable bonds is 31. The quantitative estimate of drug-likeness (QED) is 0.0207. The highest BCUT2D eigenvalue weighted by atomic mass is 33.1. The predicted octanol–water partition coefficient (Wildman–Crippen LogP) is 9.76. The lowest BCUT2D eigenvalue weighted by atomic mass is 9.98. The van der Waals surface area contributed by atoms with Gasteiger partial charge < -0.3 is 41.0 Å². The zero-order chi connectivity index (χ0) is 57.4. The number of nitrogens with zero attached hydrogens (tertiary/aromatic N) is 1. The Kier molecular flexibility index (Phi) is 28.3. The second-order valence-corrected chi connectivity index (χ2v) is 26.8. The van der Waals surface area contributed by atoms with Crippen LogP contribution in [0.4, 0.5) is 4.79 Å². The topological polar surface area (TPSA) is 201 Å². The monoisotopic (exact) mass is 1150 g/mol.